The van der Waals surface area contributed by atoms with E-state index >= 15 is 0 Å². The summed E-state index contributed by atoms with van der Waals surface area (Å²) in [5.74, 6) is 0.744. The second kappa shape index (κ2) is 6.35. The second-order valence-corrected chi connectivity index (χ2v) is 5.64. The van der Waals surface area contributed by atoms with Gasteiger partial charge in [-0.2, -0.15) is 0 Å². The largest absolute Gasteiger partial charge is 0.392 e. The highest BCUT2D eigenvalue weighted by Gasteiger charge is 2.30. The third-order valence-corrected chi connectivity index (χ3v) is 4.06. The van der Waals surface area contributed by atoms with Gasteiger partial charge >= 0.3 is 0 Å². The van der Waals surface area contributed by atoms with Gasteiger partial charge in [0.1, 0.15) is 0 Å². The Morgan fingerprint density at radius 2 is 2.00 bits per heavy atom. The number of hydrogen-bond acceptors (Lipinski definition) is 2. The lowest BCUT2D eigenvalue weighted by Crippen LogP contribution is -2.48. The van der Waals surface area contributed by atoms with E-state index in [4.69, 9.17) is 0 Å². The molecular weight excluding hydrogens is 222 g/mol. The SMILES string of the molecule is CCC(O)C1CCC(C)CN1Cc1ccccc1. The van der Waals surface area contributed by atoms with Crippen molar-refractivity contribution in [2.24, 2.45) is 5.92 Å². The monoisotopic (exact) mass is 247 g/mol. The molecule has 0 spiro atoms. The summed E-state index contributed by atoms with van der Waals surface area (Å²) in [4.78, 5) is 2.47. The van der Waals surface area contributed by atoms with Crippen molar-refractivity contribution in [3.8, 4) is 0 Å². The molecule has 0 amide bonds. The molecule has 2 rings (SSSR count). The van der Waals surface area contributed by atoms with Crippen LogP contribution < -0.4 is 0 Å². The smallest absolute Gasteiger partial charge is 0.0692 e. The van der Waals surface area contributed by atoms with E-state index < -0.39 is 0 Å². The molecule has 1 heterocycles. The minimum absolute atomic E-state index is 0.179. The Morgan fingerprint density at radius 1 is 1.28 bits per heavy atom. The fourth-order valence-corrected chi connectivity index (χ4v) is 2.97. The number of piperidine rings is 1. The fraction of sp³-hybridized carbons (Fsp3) is 0.625. The molecule has 0 radical (unpaired) electrons. The van der Waals surface area contributed by atoms with Crippen LogP contribution in [0.15, 0.2) is 30.3 Å². The Morgan fingerprint density at radius 3 is 2.67 bits per heavy atom. The van der Waals surface area contributed by atoms with E-state index in [1.54, 1.807) is 0 Å². The Labute approximate surface area is 111 Å². The minimum Gasteiger partial charge on any atom is -0.392 e. The number of rotatable bonds is 4. The molecule has 3 unspecified atom stereocenters. The predicted octanol–water partition coefficient (Wildman–Crippen LogP) is 3.06. The zero-order valence-electron chi connectivity index (χ0n) is 11.5. The van der Waals surface area contributed by atoms with Crippen LogP contribution in [0, 0.1) is 5.92 Å². The van der Waals surface area contributed by atoms with Gasteiger partial charge in [0, 0.05) is 19.1 Å². The topological polar surface area (TPSA) is 23.5 Å². The van der Waals surface area contributed by atoms with Crippen molar-refractivity contribution in [2.45, 2.75) is 51.8 Å². The van der Waals surface area contributed by atoms with Gasteiger partial charge in [-0.25, -0.2) is 0 Å². The average Bonchev–Trinajstić information content (AvgIpc) is 2.39. The highest BCUT2D eigenvalue weighted by molar-refractivity contribution is 5.14. The molecule has 0 aromatic heterocycles. The highest BCUT2D eigenvalue weighted by Crippen LogP contribution is 2.26. The van der Waals surface area contributed by atoms with Crippen molar-refractivity contribution in [3.05, 3.63) is 35.9 Å². The normalized spacial score (nSPS) is 27.1. The molecule has 18 heavy (non-hydrogen) atoms. The number of aliphatic hydroxyl groups is 1. The summed E-state index contributed by atoms with van der Waals surface area (Å²) in [7, 11) is 0. The molecule has 1 aromatic carbocycles. The molecule has 3 atom stereocenters. The van der Waals surface area contributed by atoms with E-state index in [0.29, 0.717) is 6.04 Å². The van der Waals surface area contributed by atoms with Crippen LogP contribution in [0.2, 0.25) is 0 Å². The molecule has 2 nitrogen and oxygen atoms in total. The fourth-order valence-electron chi connectivity index (χ4n) is 2.97. The van der Waals surface area contributed by atoms with E-state index in [9.17, 15) is 5.11 Å². The quantitative estimate of drug-likeness (QED) is 0.884. The summed E-state index contributed by atoms with van der Waals surface area (Å²) in [5, 5.41) is 10.2. The molecule has 1 fully saturated rings. The molecule has 1 aliphatic heterocycles. The molecule has 0 bridgehead atoms. The lowest BCUT2D eigenvalue weighted by atomic mass is 9.90. The Kier molecular flexibility index (Phi) is 4.79. The van der Waals surface area contributed by atoms with Gasteiger partial charge in [-0.15, -0.1) is 0 Å². The number of benzene rings is 1. The highest BCUT2D eigenvalue weighted by atomic mass is 16.3. The molecule has 1 saturated heterocycles. The van der Waals surface area contributed by atoms with Crippen molar-refractivity contribution < 1.29 is 5.11 Å². The van der Waals surface area contributed by atoms with Crippen LogP contribution in [0.4, 0.5) is 0 Å². The zero-order chi connectivity index (χ0) is 13.0. The first-order chi connectivity index (χ1) is 8.70. The molecule has 1 aromatic rings. The van der Waals surface area contributed by atoms with Gasteiger partial charge in [0.15, 0.2) is 0 Å². The van der Waals surface area contributed by atoms with Gasteiger partial charge in [0.05, 0.1) is 6.10 Å². The van der Waals surface area contributed by atoms with Crippen LogP contribution in [0.1, 0.15) is 38.7 Å². The van der Waals surface area contributed by atoms with Gasteiger partial charge in [0.25, 0.3) is 0 Å². The van der Waals surface area contributed by atoms with Crippen molar-refractivity contribution in [1.82, 2.24) is 4.90 Å². The lowest BCUT2D eigenvalue weighted by Gasteiger charge is -2.41. The summed E-state index contributed by atoms with van der Waals surface area (Å²) < 4.78 is 0. The number of likely N-dealkylation sites (tertiary alicyclic amines) is 1. The lowest BCUT2D eigenvalue weighted by molar-refractivity contribution is 0.00532. The van der Waals surface area contributed by atoms with Crippen molar-refractivity contribution in [3.63, 3.8) is 0 Å². The predicted molar refractivity (Wildman–Crippen MR) is 75.3 cm³/mol. The maximum Gasteiger partial charge on any atom is 0.0692 e. The number of hydrogen-bond donors (Lipinski definition) is 1. The van der Waals surface area contributed by atoms with E-state index in [0.717, 1.165) is 31.8 Å². The first-order valence-electron chi connectivity index (χ1n) is 7.16. The summed E-state index contributed by atoms with van der Waals surface area (Å²) >= 11 is 0. The van der Waals surface area contributed by atoms with Gasteiger partial charge in [0.2, 0.25) is 0 Å². The maximum absolute atomic E-state index is 10.2. The van der Waals surface area contributed by atoms with Crippen LogP contribution in [0.3, 0.4) is 0 Å². The molecule has 0 aliphatic carbocycles. The van der Waals surface area contributed by atoms with E-state index in [-0.39, 0.29) is 6.10 Å². The van der Waals surface area contributed by atoms with Gasteiger partial charge in [-0.1, -0.05) is 44.2 Å². The third-order valence-electron chi connectivity index (χ3n) is 4.06. The van der Waals surface area contributed by atoms with Crippen LogP contribution in [0.25, 0.3) is 0 Å². The third kappa shape index (κ3) is 3.33. The van der Waals surface area contributed by atoms with Crippen LogP contribution in [0.5, 0.6) is 0 Å². The summed E-state index contributed by atoms with van der Waals surface area (Å²) in [6, 6.07) is 10.9. The van der Waals surface area contributed by atoms with E-state index in [1.165, 1.54) is 12.0 Å². The number of aliphatic hydroxyl groups excluding tert-OH is 1. The van der Waals surface area contributed by atoms with Crippen molar-refractivity contribution in [2.75, 3.05) is 6.54 Å². The molecule has 0 saturated carbocycles. The van der Waals surface area contributed by atoms with E-state index in [1.807, 2.05) is 0 Å². The Bertz CT molecular complexity index is 351. The van der Waals surface area contributed by atoms with Gasteiger partial charge < -0.3 is 5.11 Å². The summed E-state index contributed by atoms with van der Waals surface area (Å²) in [5.41, 5.74) is 1.35. The second-order valence-electron chi connectivity index (χ2n) is 5.64. The minimum atomic E-state index is -0.179. The summed E-state index contributed by atoms with van der Waals surface area (Å²) in [6.45, 7) is 6.46. The standard InChI is InChI=1S/C16H25NO/c1-3-16(18)15-10-9-13(2)11-17(15)12-14-7-5-4-6-8-14/h4-8,13,15-16,18H,3,9-12H2,1-2H3. The molecule has 100 valence electrons. The van der Waals surface area contributed by atoms with Crippen LogP contribution >= 0.6 is 0 Å². The first-order valence-corrected chi connectivity index (χ1v) is 7.16. The molecule has 1 aliphatic rings. The van der Waals surface area contributed by atoms with Crippen molar-refractivity contribution >= 4 is 0 Å². The molecule has 1 N–H and O–H groups in total. The van der Waals surface area contributed by atoms with Crippen LogP contribution in [-0.2, 0) is 6.54 Å². The van der Waals surface area contributed by atoms with Crippen molar-refractivity contribution in [1.29, 1.82) is 0 Å². The van der Waals surface area contributed by atoms with E-state index in [2.05, 4.69) is 49.1 Å². The van der Waals surface area contributed by atoms with Gasteiger partial charge in [-0.3, -0.25) is 4.90 Å². The Balaban J connectivity index is 2.06. The molecule has 2 heteroatoms. The molecular formula is C16H25NO. The number of nitrogens with zero attached hydrogens (tertiary/aromatic N) is 1. The Hall–Kier alpha value is -0.860. The summed E-state index contributed by atoms with van der Waals surface area (Å²) in [6.07, 6.45) is 3.04. The first kappa shape index (κ1) is 13.6. The maximum atomic E-state index is 10.2. The zero-order valence-corrected chi connectivity index (χ0v) is 11.5. The van der Waals surface area contributed by atoms with Gasteiger partial charge in [-0.05, 0) is 30.7 Å². The van der Waals surface area contributed by atoms with Crippen LogP contribution in [-0.4, -0.2) is 28.7 Å². The average molecular weight is 247 g/mol.